The molecule has 3 N–H and O–H groups in total. The van der Waals surface area contributed by atoms with Crippen LogP contribution in [0.1, 0.15) is 42.4 Å². The van der Waals surface area contributed by atoms with E-state index < -0.39 is 15.8 Å². The first-order valence-electron chi connectivity index (χ1n) is 12.7. The number of carbonyl (C=O) groups is 1. The van der Waals surface area contributed by atoms with Gasteiger partial charge in [0.15, 0.2) is 0 Å². The Kier molecular flexibility index (Phi) is 6.78. The summed E-state index contributed by atoms with van der Waals surface area (Å²) >= 11 is 0. The minimum Gasteiger partial charge on any atom is -0.477 e. The maximum atomic E-state index is 13.2. The number of benzene rings is 4. The second kappa shape index (κ2) is 10.1. The normalized spacial score (nSPS) is 12.0. The molecule has 0 saturated carbocycles. The molecule has 0 aliphatic rings. The van der Waals surface area contributed by atoms with Crippen LogP contribution in [-0.4, -0.2) is 24.5 Å². The lowest BCUT2D eigenvalue weighted by molar-refractivity contribution is 0.0692. The molecule has 6 nitrogen and oxygen atoms in total. The molecule has 1 aromatic heterocycles. The average molecular weight is 539 g/mol. The number of hydrogen-bond donors (Lipinski definition) is 3. The summed E-state index contributed by atoms with van der Waals surface area (Å²) in [6.45, 7) is 6.70. The number of carboxylic acids is 1. The fourth-order valence-electron chi connectivity index (χ4n) is 4.68. The molecule has 1 heterocycles. The van der Waals surface area contributed by atoms with Gasteiger partial charge in [0.2, 0.25) is 9.84 Å². The second-order valence-electron chi connectivity index (χ2n) is 10.5. The molecular weight excluding hydrogens is 508 g/mol. The maximum absolute atomic E-state index is 13.2. The molecule has 0 aliphatic carbocycles. The summed E-state index contributed by atoms with van der Waals surface area (Å²) in [5, 5.41) is 14.0. The number of anilines is 1. The van der Waals surface area contributed by atoms with Crippen LogP contribution in [0.4, 0.5) is 5.69 Å². The van der Waals surface area contributed by atoms with Gasteiger partial charge in [0.25, 0.3) is 0 Å². The van der Waals surface area contributed by atoms with Crippen molar-refractivity contribution in [1.29, 1.82) is 0 Å². The number of rotatable bonds is 7. The zero-order valence-electron chi connectivity index (χ0n) is 22.0. The van der Waals surface area contributed by atoms with E-state index in [4.69, 9.17) is 0 Å². The standard InChI is InChI=1S/C32H30N2O4S/c1-32(2,3)23-14-18-25(19-15-23)39(37,38)24-16-12-21(13-17-24)20-33-27-11-7-10-26-28(22-8-5-4-6-9-22)30(31(35)36)34-29(26)27/h4-19,33-34H,20H2,1-3H3,(H,35,36). The molecule has 0 bridgehead atoms. The van der Waals surface area contributed by atoms with Crippen molar-refractivity contribution in [2.24, 2.45) is 0 Å². The molecule has 5 aromatic rings. The molecule has 0 atom stereocenters. The predicted octanol–water partition coefficient (Wildman–Crippen LogP) is 7.28. The van der Waals surface area contributed by atoms with Crippen molar-refractivity contribution in [1.82, 2.24) is 4.98 Å². The number of fused-ring (bicyclic) bond motifs is 1. The topological polar surface area (TPSA) is 99.3 Å². The Morgan fingerprint density at radius 1 is 0.821 bits per heavy atom. The van der Waals surface area contributed by atoms with Gasteiger partial charge in [-0.3, -0.25) is 0 Å². The number of H-pyrrole nitrogens is 1. The van der Waals surface area contributed by atoms with Crippen LogP contribution in [0.25, 0.3) is 22.0 Å². The fraction of sp³-hybridized carbons (Fsp3) is 0.156. The van der Waals surface area contributed by atoms with Gasteiger partial charge in [-0.05, 0) is 52.4 Å². The van der Waals surface area contributed by atoms with Crippen molar-refractivity contribution < 1.29 is 18.3 Å². The van der Waals surface area contributed by atoms with E-state index in [2.05, 4.69) is 31.1 Å². The minimum absolute atomic E-state index is 0.0559. The molecule has 0 saturated heterocycles. The maximum Gasteiger partial charge on any atom is 0.352 e. The third-order valence-corrected chi connectivity index (χ3v) is 8.64. The largest absolute Gasteiger partial charge is 0.477 e. The summed E-state index contributed by atoms with van der Waals surface area (Å²) in [7, 11) is -3.63. The van der Waals surface area contributed by atoms with Gasteiger partial charge in [0.05, 0.1) is 21.0 Å². The van der Waals surface area contributed by atoms with E-state index in [1.165, 1.54) is 0 Å². The SMILES string of the molecule is CC(C)(C)c1ccc(S(=O)(=O)c2ccc(CNc3cccc4c(-c5ccccc5)c(C(=O)O)[nH]c34)cc2)cc1. The summed E-state index contributed by atoms with van der Waals surface area (Å²) in [6.07, 6.45) is 0. The Labute approximate surface area is 228 Å². The van der Waals surface area contributed by atoms with E-state index in [0.717, 1.165) is 27.8 Å². The Bertz CT molecular complexity index is 1750. The van der Waals surface area contributed by atoms with Crippen LogP contribution >= 0.6 is 0 Å². The van der Waals surface area contributed by atoms with Crippen molar-refractivity contribution in [2.45, 2.75) is 42.5 Å². The van der Waals surface area contributed by atoms with Gasteiger partial charge in [-0.1, -0.05) is 87.5 Å². The second-order valence-corrected chi connectivity index (χ2v) is 12.5. The van der Waals surface area contributed by atoms with E-state index in [-0.39, 0.29) is 20.9 Å². The number of nitrogens with one attached hydrogen (secondary N) is 2. The number of aromatic carboxylic acids is 1. The number of carboxylic acid groups (broad SMARTS) is 1. The Balaban J connectivity index is 1.38. The van der Waals surface area contributed by atoms with E-state index in [0.29, 0.717) is 17.6 Å². The monoisotopic (exact) mass is 538 g/mol. The lowest BCUT2D eigenvalue weighted by Gasteiger charge is -2.19. The lowest BCUT2D eigenvalue weighted by Crippen LogP contribution is -2.11. The van der Waals surface area contributed by atoms with E-state index in [9.17, 15) is 18.3 Å². The number of aromatic nitrogens is 1. The van der Waals surface area contributed by atoms with Crippen molar-refractivity contribution in [2.75, 3.05) is 5.32 Å². The Morgan fingerprint density at radius 3 is 2.03 bits per heavy atom. The molecule has 0 aliphatic heterocycles. The van der Waals surface area contributed by atoms with Crippen LogP contribution in [0.3, 0.4) is 0 Å². The first kappa shape index (κ1) is 26.3. The zero-order chi connectivity index (χ0) is 27.8. The smallest absolute Gasteiger partial charge is 0.352 e. The molecular formula is C32H30N2O4S. The molecule has 0 unspecified atom stereocenters. The fourth-order valence-corrected chi connectivity index (χ4v) is 5.94. The van der Waals surface area contributed by atoms with Crippen molar-refractivity contribution >= 4 is 32.4 Å². The summed E-state index contributed by atoms with van der Waals surface area (Å²) < 4.78 is 26.3. The van der Waals surface area contributed by atoms with Crippen LogP contribution < -0.4 is 5.32 Å². The van der Waals surface area contributed by atoms with E-state index in [1.807, 2.05) is 60.7 Å². The van der Waals surface area contributed by atoms with Gasteiger partial charge >= 0.3 is 5.97 Å². The van der Waals surface area contributed by atoms with Gasteiger partial charge < -0.3 is 15.4 Å². The van der Waals surface area contributed by atoms with Crippen LogP contribution in [0.15, 0.2) is 107 Å². The van der Waals surface area contributed by atoms with Gasteiger partial charge in [-0.2, -0.15) is 0 Å². The average Bonchev–Trinajstić information content (AvgIpc) is 3.33. The Hall–Kier alpha value is -4.36. The highest BCUT2D eigenvalue weighted by Crippen LogP contribution is 2.36. The van der Waals surface area contributed by atoms with Crippen molar-refractivity contribution in [3.8, 4) is 11.1 Å². The van der Waals surface area contributed by atoms with E-state index >= 15 is 0 Å². The Morgan fingerprint density at radius 2 is 1.44 bits per heavy atom. The molecule has 198 valence electrons. The molecule has 5 rings (SSSR count). The molecule has 0 amide bonds. The summed E-state index contributed by atoms with van der Waals surface area (Å²) in [6, 6.07) is 29.0. The highest BCUT2D eigenvalue weighted by atomic mass is 32.2. The highest BCUT2D eigenvalue weighted by Gasteiger charge is 2.21. The van der Waals surface area contributed by atoms with Crippen molar-refractivity contribution in [3.05, 3.63) is 114 Å². The van der Waals surface area contributed by atoms with Gasteiger partial charge in [-0.25, -0.2) is 13.2 Å². The summed E-state index contributed by atoms with van der Waals surface area (Å²) in [5.41, 5.74) is 4.97. The molecule has 39 heavy (non-hydrogen) atoms. The quantitative estimate of drug-likeness (QED) is 0.202. The zero-order valence-corrected chi connectivity index (χ0v) is 22.8. The number of aromatic amines is 1. The molecule has 0 spiro atoms. The van der Waals surface area contributed by atoms with Crippen molar-refractivity contribution in [3.63, 3.8) is 0 Å². The molecule has 4 aromatic carbocycles. The van der Waals surface area contributed by atoms with Gasteiger partial charge in [-0.15, -0.1) is 0 Å². The minimum atomic E-state index is -3.63. The molecule has 0 fully saturated rings. The summed E-state index contributed by atoms with van der Waals surface area (Å²) in [4.78, 5) is 15.6. The van der Waals surface area contributed by atoms with E-state index in [1.54, 1.807) is 36.4 Å². The number of para-hydroxylation sites is 1. The molecule has 0 radical (unpaired) electrons. The number of hydrogen-bond acceptors (Lipinski definition) is 4. The van der Waals surface area contributed by atoms with Crippen LogP contribution in [0.2, 0.25) is 0 Å². The highest BCUT2D eigenvalue weighted by molar-refractivity contribution is 7.91. The predicted molar refractivity (Wildman–Crippen MR) is 155 cm³/mol. The first-order chi connectivity index (χ1) is 18.6. The number of sulfone groups is 1. The van der Waals surface area contributed by atoms with Gasteiger partial charge in [0, 0.05) is 17.5 Å². The molecule has 7 heteroatoms. The third-order valence-electron chi connectivity index (χ3n) is 6.86. The third kappa shape index (κ3) is 5.18. The van der Waals surface area contributed by atoms with Gasteiger partial charge in [0.1, 0.15) is 5.69 Å². The van der Waals surface area contributed by atoms with Crippen LogP contribution in [-0.2, 0) is 21.8 Å². The first-order valence-corrected chi connectivity index (χ1v) is 14.2. The van der Waals surface area contributed by atoms with Crippen LogP contribution in [0.5, 0.6) is 0 Å². The lowest BCUT2D eigenvalue weighted by atomic mass is 9.87. The van der Waals surface area contributed by atoms with Crippen LogP contribution in [0, 0.1) is 0 Å². The summed E-state index contributed by atoms with van der Waals surface area (Å²) in [5.74, 6) is -1.03.